The number of alkyl halides is 2. The smallest absolute Gasteiger partial charge is 0.338 e. The normalized spacial score (nSPS) is 10.1. The summed E-state index contributed by atoms with van der Waals surface area (Å²) in [6.07, 6.45) is -2.01. The van der Waals surface area contributed by atoms with E-state index in [-0.39, 0.29) is 5.69 Å². The van der Waals surface area contributed by atoms with E-state index in [4.69, 9.17) is 10.4 Å². The highest BCUT2D eigenvalue weighted by Crippen LogP contribution is 2.26. The van der Waals surface area contributed by atoms with Crippen LogP contribution < -0.4 is 0 Å². The standard InChI is InChI=1S/C9H6F2N2O2/c1-4-7(8(10)11)5(2-12)6(3-13-4)9(14)15/h3,8H,1H3,(H,14,15). The number of hydrogen-bond donors (Lipinski definition) is 1. The Bertz CT molecular complexity index is 452. The van der Waals surface area contributed by atoms with Crippen molar-refractivity contribution in [3.63, 3.8) is 0 Å². The number of aromatic carboxylic acids is 1. The average Bonchev–Trinajstić information content (AvgIpc) is 2.15. The molecule has 15 heavy (non-hydrogen) atoms. The van der Waals surface area contributed by atoms with Gasteiger partial charge in [0, 0.05) is 11.9 Å². The van der Waals surface area contributed by atoms with E-state index < -0.39 is 29.1 Å². The van der Waals surface area contributed by atoms with Gasteiger partial charge < -0.3 is 5.11 Å². The number of pyridine rings is 1. The minimum Gasteiger partial charge on any atom is -0.478 e. The summed E-state index contributed by atoms with van der Waals surface area (Å²) in [6.45, 7) is 1.30. The van der Waals surface area contributed by atoms with Crippen molar-refractivity contribution in [3.8, 4) is 6.07 Å². The van der Waals surface area contributed by atoms with Crippen LogP contribution in [0.2, 0.25) is 0 Å². The molecule has 0 unspecified atom stereocenters. The number of hydrogen-bond acceptors (Lipinski definition) is 3. The summed E-state index contributed by atoms with van der Waals surface area (Å²) in [5.41, 5.74) is -1.67. The van der Waals surface area contributed by atoms with Gasteiger partial charge >= 0.3 is 5.97 Å². The largest absolute Gasteiger partial charge is 0.478 e. The highest BCUT2D eigenvalue weighted by Gasteiger charge is 2.22. The molecule has 1 N–H and O–H groups in total. The maximum absolute atomic E-state index is 12.5. The third kappa shape index (κ3) is 1.91. The van der Waals surface area contributed by atoms with Gasteiger partial charge in [0.05, 0.1) is 16.7 Å². The molecule has 1 heterocycles. The van der Waals surface area contributed by atoms with Crippen LogP contribution in [0, 0.1) is 18.3 Å². The van der Waals surface area contributed by atoms with Crippen LogP contribution in [0.1, 0.15) is 33.6 Å². The van der Waals surface area contributed by atoms with Gasteiger partial charge in [-0.3, -0.25) is 4.98 Å². The fraction of sp³-hybridized carbons (Fsp3) is 0.222. The lowest BCUT2D eigenvalue weighted by atomic mass is 10.0. The third-order valence-electron chi connectivity index (χ3n) is 1.88. The summed E-state index contributed by atoms with van der Waals surface area (Å²) in [4.78, 5) is 14.1. The molecule has 78 valence electrons. The van der Waals surface area contributed by atoms with Crippen LogP contribution in [-0.4, -0.2) is 16.1 Å². The molecule has 1 aromatic heterocycles. The summed E-state index contributed by atoms with van der Waals surface area (Å²) < 4.78 is 25.1. The Morgan fingerprint density at radius 2 is 2.27 bits per heavy atom. The molecule has 0 saturated heterocycles. The van der Waals surface area contributed by atoms with Gasteiger partial charge in [-0.2, -0.15) is 5.26 Å². The van der Waals surface area contributed by atoms with Crippen molar-refractivity contribution in [3.05, 3.63) is 28.6 Å². The molecular formula is C9H6F2N2O2. The number of carboxylic acids is 1. The SMILES string of the molecule is Cc1ncc(C(=O)O)c(C#N)c1C(F)F. The molecule has 0 radical (unpaired) electrons. The second-order valence-electron chi connectivity index (χ2n) is 2.76. The Kier molecular flexibility index (Phi) is 2.95. The lowest BCUT2D eigenvalue weighted by Crippen LogP contribution is -2.07. The number of nitrogens with zero attached hydrogens (tertiary/aromatic N) is 2. The summed E-state index contributed by atoms with van der Waals surface area (Å²) >= 11 is 0. The van der Waals surface area contributed by atoms with E-state index >= 15 is 0 Å². The zero-order valence-corrected chi connectivity index (χ0v) is 7.66. The van der Waals surface area contributed by atoms with Crippen LogP contribution >= 0.6 is 0 Å². The molecule has 0 aromatic carbocycles. The molecule has 0 aliphatic rings. The van der Waals surface area contributed by atoms with Crippen LogP contribution in [-0.2, 0) is 0 Å². The topological polar surface area (TPSA) is 74.0 Å². The fourth-order valence-electron chi connectivity index (χ4n) is 1.17. The highest BCUT2D eigenvalue weighted by molar-refractivity contribution is 5.90. The van der Waals surface area contributed by atoms with Gasteiger partial charge in [0.2, 0.25) is 0 Å². The first-order valence-electron chi connectivity index (χ1n) is 3.90. The number of carbonyl (C=O) groups is 1. The zero-order chi connectivity index (χ0) is 11.6. The molecule has 0 spiro atoms. The van der Waals surface area contributed by atoms with Gasteiger partial charge in [0.15, 0.2) is 0 Å². The van der Waals surface area contributed by atoms with Crippen molar-refractivity contribution < 1.29 is 18.7 Å². The molecule has 0 aliphatic heterocycles. The van der Waals surface area contributed by atoms with E-state index in [0.717, 1.165) is 6.20 Å². The predicted molar refractivity (Wildman–Crippen MR) is 45.6 cm³/mol. The third-order valence-corrected chi connectivity index (χ3v) is 1.88. The molecule has 0 fully saturated rings. The van der Waals surface area contributed by atoms with Crippen LogP contribution in [0.5, 0.6) is 0 Å². The summed E-state index contributed by atoms with van der Waals surface area (Å²) in [7, 11) is 0. The van der Waals surface area contributed by atoms with Crippen LogP contribution in [0.4, 0.5) is 8.78 Å². The van der Waals surface area contributed by atoms with Crippen molar-refractivity contribution in [2.24, 2.45) is 0 Å². The Labute approximate surface area is 83.8 Å². The van der Waals surface area contributed by atoms with Gasteiger partial charge in [0.25, 0.3) is 6.43 Å². The molecular weight excluding hydrogens is 206 g/mol. The lowest BCUT2D eigenvalue weighted by Gasteiger charge is -2.07. The van der Waals surface area contributed by atoms with E-state index in [2.05, 4.69) is 4.98 Å². The average molecular weight is 212 g/mol. The Hall–Kier alpha value is -2.03. The minimum absolute atomic E-state index is 0.0356. The van der Waals surface area contributed by atoms with E-state index in [1.807, 2.05) is 0 Å². The van der Waals surface area contributed by atoms with Gasteiger partial charge in [-0.1, -0.05) is 0 Å². The lowest BCUT2D eigenvalue weighted by molar-refractivity contribution is 0.0695. The summed E-state index contributed by atoms with van der Waals surface area (Å²) in [5.74, 6) is -1.44. The van der Waals surface area contributed by atoms with Crippen molar-refractivity contribution in [1.29, 1.82) is 5.26 Å². The summed E-state index contributed by atoms with van der Waals surface area (Å²) in [6, 6.07) is 1.47. The van der Waals surface area contributed by atoms with Crippen molar-refractivity contribution >= 4 is 5.97 Å². The number of aryl methyl sites for hydroxylation is 1. The van der Waals surface area contributed by atoms with Crippen molar-refractivity contribution in [1.82, 2.24) is 4.98 Å². The van der Waals surface area contributed by atoms with Gasteiger partial charge in [-0.15, -0.1) is 0 Å². The molecule has 0 bridgehead atoms. The number of nitriles is 1. The number of rotatable bonds is 2. The maximum Gasteiger partial charge on any atom is 0.338 e. The quantitative estimate of drug-likeness (QED) is 0.812. The Balaban J connectivity index is 3.56. The number of carboxylic acid groups (broad SMARTS) is 1. The fourth-order valence-corrected chi connectivity index (χ4v) is 1.17. The molecule has 0 aliphatic carbocycles. The second-order valence-corrected chi connectivity index (χ2v) is 2.76. The van der Waals surface area contributed by atoms with Crippen LogP contribution in [0.15, 0.2) is 6.20 Å². The van der Waals surface area contributed by atoms with E-state index in [1.54, 1.807) is 0 Å². The summed E-state index contributed by atoms with van der Waals surface area (Å²) in [5, 5.41) is 17.3. The number of halogens is 2. The van der Waals surface area contributed by atoms with E-state index in [1.165, 1.54) is 13.0 Å². The molecule has 0 amide bonds. The number of aromatic nitrogens is 1. The molecule has 0 saturated carbocycles. The van der Waals surface area contributed by atoms with Crippen molar-refractivity contribution in [2.45, 2.75) is 13.3 Å². The maximum atomic E-state index is 12.5. The first-order chi connectivity index (χ1) is 6.99. The molecule has 1 rings (SSSR count). The highest BCUT2D eigenvalue weighted by atomic mass is 19.3. The predicted octanol–water partition coefficient (Wildman–Crippen LogP) is 1.90. The van der Waals surface area contributed by atoms with Gasteiger partial charge in [-0.25, -0.2) is 13.6 Å². The Morgan fingerprint density at radius 1 is 1.67 bits per heavy atom. The first-order valence-corrected chi connectivity index (χ1v) is 3.90. The molecule has 0 atom stereocenters. The Morgan fingerprint density at radius 3 is 2.67 bits per heavy atom. The molecule has 4 nitrogen and oxygen atoms in total. The second kappa shape index (κ2) is 4.00. The van der Waals surface area contributed by atoms with Crippen LogP contribution in [0.25, 0.3) is 0 Å². The monoisotopic (exact) mass is 212 g/mol. The van der Waals surface area contributed by atoms with E-state index in [9.17, 15) is 13.6 Å². The van der Waals surface area contributed by atoms with Crippen molar-refractivity contribution in [2.75, 3.05) is 0 Å². The van der Waals surface area contributed by atoms with E-state index in [0.29, 0.717) is 0 Å². The van der Waals surface area contributed by atoms with Crippen LogP contribution in [0.3, 0.4) is 0 Å². The molecule has 6 heteroatoms. The van der Waals surface area contributed by atoms with Gasteiger partial charge in [0.1, 0.15) is 6.07 Å². The van der Waals surface area contributed by atoms with Gasteiger partial charge in [-0.05, 0) is 6.92 Å². The minimum atomic E-state index is -2.91. The zero-order valence-electron chi connectivity index (χ0n) is 7.66. The first kappa shape index (κ1) is 11.0. The molecule has 1 aromatic rings.